The summed E-state index contributed by atoms with van der Waals surface area (Å²) in [5.74, 6) is -1.19. The van der Waals surface area contributed by atoms with Gasteiger partial charge in [0.2, 0.25) is 0 Å². The largest absolute Gasteiger partial charge is 0.478 e. The van der Waals surface area contributed by atoms with Crippen molar-refractivity contribution >= 4 is 40.6 Å². The van der Waals surface area contributed by atoms with E-state index in [4.69, 9.17) is 5.11 Å². The molecular formula is C19H14N2O3S. The fourth-order valence-corrected chi connectivity index (χ4v) is 2.90. The van der Waals surface area contributed by atoms with Crippen molar-refractivity contribution in [2.24, 2.45) is 4.99 Å². The lowest BCUT2D eigenvalue weighted by molar-refractivity contribution is -0.115. The van der Waals surface area contributed by atoms with Crippen LogP contribution >= 0.6 is 11.8 Å². The van der Waals surface area contributed by atoms with E-state index in [1.54, 1.807) is 18.2 Å². The van der Waals surface area contributed by atoms with Gasteiger partial charge in [0.05, 0.1) is 16.2 Å². The predicted octanol–water partition coefficient (Wildman–Crippen LogP) is 3.83. The number of rotatable bonds is 4. The van der Waals surface area contributed by atoms with Crippen LogP contribution in [0.5, 0.6) is 0 Å². The second-order valence-electron chi connectivity index (χ2n) is 5.13. The number of thioether (sulfide) groups is 1. The Balaban J connectivity index is 1.70. The Morgan fingerprint density at radius 3 is 2.48 bits per heavy atom. The number of hydrogen-bond acceptors (Lipinski definition) is 4. The summed E-state index contributed by atoms with van der Waals surface area (Å²) in [6, 6.07) is 15.9. The van der Waals surface area contributed by atoms with Crippen LogP contribution in [0.1, 0.15) is 15.9 Å². The van der Waals surface area contributed by atoms with Crippen LogP contribution in [0.2, 0.25) is 0 Å². The normalized spacial score (nSPS) is 17.4. The number of nitrogens with zero attached hydrogens (tertiary/aromatic N) is 1. The second-order valence-corrected chi connectivity index (χ2v) is 6.16. The molecule has 6 heteroatoms. The first-order chi connectivity index (χ1) is 12.1. The van der Waals surface area contributed by atoms with Crippen LogP contribution in [0.3, 0.4) is 0 Å². The molecule has 0 unspecified atom stereocenters. The molecule has 0 aromatic heterocycles. The van der Waals surface area contributed by atoms with Crippen LogP contribution in [-0.4, -0.2) is 22.2 Å². The van der Waals surface area contributed by atoms with Crippen LogP contribution in [0.4, 0.5) is 5.69 Å². The average molecular weight is 350 g/mol. The zero-order valence-corrected chi connectivity index (χ0v) is 13.9. The van der Waals surface area contributed by atoms with Gasteiger partial charge in [-0.1, -0.05) is 42.5 Å². The van der Waals surface area contributed by atoms with Gasteiger partial charge in [0.1, 0.15) is 0 Å². The van der Waals surface area contributed by atoms with E-state index in [-0.39, 0.29) is 11.5 Å². The van der Waals surface area contributed by atoms with E-state index in [1.165, 1.54) is 23.9 Å². The Labute approximate surface area is 148 Å². The Hall–Kier alpha value is -3.12. The molecule has 1 saturated heterocycles. The van der Waals surface area contributed by atoms with Crippen LogP contribution in [0.15, 0.2) is 76.6 Å². The third-order valence-electron chi connectivity index (χ3n) is 3.33. The number of aromatic carboxylic acids is 1. The molecule has 1 amide bonds. The Bertz CT molecular complexity index is 885. The fourth-order valence-electron chi connectivity index (χ4n) is 2.10. The molecule has 2 aromatic carbocycles. The third kappa shape index (κ3) is 4.45. The highest BCUT2D eigenvalue weighted by molar-refractivity contribution is 8.18. The molecule has 2 aromatic rings. The van der Waals surface area contributed by atoms with Gasteiger partial charge >= 0.3 is 5.97 Å². The summed E-state index contributed by atoms with van der Waals surface area (Å²) in [4.78, 5) is 27.7. The lowest BCUT2D eigenvalue weighted by Gasteiger charge is -1.97. The molecule has 25 heavy (non-hydrogen) atoms. The monoisotopic (exact) mass is 350 g/mol. The van der Waals surface area contributed by atoms with Crippen molar-refractivity contribution in [3.63, 3.8) is 0 Å². The van der Waals surface area contributed by atoms with Gasteiger partial charge in [0.25, 0.3) is 5.91 Å². The highest BCUT2D eigenvalue weighted by Gasteiger charge is 2.23. The van der Waals surface area contributed by atoms with Crippen LogP contribution in [0.25, 0.3) is 6.08 Å². The van der Waals surface area contributed by atoms with Gasteiger partial charge in [-0.25, -0.2) is 9.79 Å². The maximum atomic E-state index is 12.0. The van der Waals surface area contributed by atoms with Crippen LogP contribution in [-0.2, 0) is 4.79 Å². The van der Waals surface area contributed by atoms with Gasteiger partial charge in [-0.3, -0.25) is 4.79 Å². The number of allylic oxidation sites excluding steroid dienone is 2. The van der Waals surface area contributed by atoms with Crippen molar-refractivity contribution in [1.29, 1.82) is 0 Å². The van der Waals surface area contributed by atoms with Crippen LogP contribution in [0, 0.1) is 0 Å². The molecule has 1 aliphatic rings. The summed E-state index contributed by atoms with van der Waals surface area (Å²) in [6.45, 7) is 0. The number of amidine groups is 1. The predicted molar refractivity (Wildman–Crippen MR) is 99.8 cm³/mol. The molecule has 5 nitrogen and oxygen atoms in total. The third-order valence-corrected chi connectivity index (χ3v) is 4.26. The zero-order valence-electron chi connectivity index (χ0n) is 13.0. The number of carbonyl (C=O) groups excluding carboxylic acids is 1. The Morgan fingerprint density at radius 1 is 1.08 bits per heavy atom. The number of amides is 1. The van der Waals surface area contributed by atoms with Crippen molar-refractivity contribution < 1.29 is 14.7 Å². The van der Waals surface area contributed by atoms with E-state index in [0.29, 0.717) is 15.8 Å². The topological polar surface area (TPSA) is 78.8 Å². The smallest absolute Gasteiger partial charge is 0.335 e. The molecular weight excluding hydrogens is 336 g/mol. The number of carboxylic acid groups (broad SMARTS) is 1. The van der Waals surface area contributed by atoms with E-state index in [9.17, 15) is 9.59 Å². The summed E-state index contributed by atoms with van der Waals surface area (Å²) in [5, 5.41) is 12.0. The van der Waals surface area contributed by atoms with Gasteiger partial charge < -0.3 is 10.4 Å². The zero-order chi connectivity index (χ0) is 17.6. The van der Waals surface area contributed by atoms with Gasteiger partial charge in [-0.15, -0.1) is 0 Å². The van der Waals surface area contributed by atoms with E-state index >= 15 is 0 Å². The fraction of sp³-hybridized carbons (Fsp3) is 0. The lowest BCUT2D eigenvalue weighted by atomic mass is 10.2. The van der Waals surface area contributed by atoms with Crippen molar-refractivity contribution in [1.82, 2.24) is 5.32 Å². The van der Waals surface area contributed by atoms with E-state index in [2.05, 4.69) is 10.3 Å². The van der Waals surface area contributed by atoms with Gasteiger partial charge in [-0.05, 0) is 47.7 Å². The Kier molecular flexibility index (Phi) is 5.11. The van der Waals surface area contributed by atoms with Gasteiger partial charge in [0.15, 0.2) is 5.17 Å². The quantitative estimate of drug-likeness (QED) is 0.822. The minimum Gasteiger partial charge on any atom is -0.478 e. The first kappa shape index (κ1) is 16.7. The molecule has 0 saturated carbocycles. The summed E-state index contributed by atoms with van der Waals surface area (Å²) in [5.41, 5.74) is 1.82. The van der Waals surface area contributed by atoms with E-state index in [1.807, 2.05) is 42.5 Å². The molecule has 0 aliphatic carbocycles. The van der Waals surface area contributed by atoms with Crippen LogP contribution < -0.4 is 5.32 Å². The molecule has 0 spiro atoms. The maximum absolute atomic E-state index is 12.0. The molecule has 2 N–H and O–H groups in total. The molecule has 1 fully saturated rings. The minimum absolute atomic E-state index is 0.193. The number of nitrogens with one attached hydrogen (secondary N) is 1. The van der Waals surface area contributed by atoms with Crippen molar-refractivity contribution in [2.45, 2.75) is 0 Å². The molecule has 0 bridgehead atoms. The van der Waals surface area contributed by atoms with Crippen molar-refractivity contribution in [3.8, 4) is 0 Å². The molecule has 0 radical (unpaired) electrons. The number of hydrogen-bond donors (Lipinski definition) is 2. The Morgan fingerprint density at radius 2 is 1.80 bits per heavy atom. The molecule has 1 aliphatic heterocycles. The number of aliphatic imine (C=N–C) groups is 1. The summed E-state index contributed by atoms with van der Waals surface area (Å²) in [7, 11) is 0. The maximum Gasteiger partial charge on any atom is 0.335 e. The average Bonchev–Trinajstić information content (AvgIpc) is 2.96. The molecule has 3 rings (SSSR count). The summed E-state index contributed by atoms with van der Waals surface area (Å²) in [6.07, 6.45) is 5.48. The van der Waals surface area contributed by atoms with Gasteiger partial charge in [0, 0.05) is 0 Å². The highest BCUT2D eigenvalue weighted by atomic mass is 32.2. The number of benzene rings is 2. The molecule has 124 valence electrons. The number of carbonyl (C=O) groups is 2. The standard InChI is InChI=1S/C19H14N2O3S/c22-17-16(8-4-7-13-5-2-1-3-6-13)25-19(21-17)20-15-11-9-14(10-12-15)18(23)24/h1-12H,(H,23,24)(H,20,21,22)/b7-4+,16-8-. The SMILES string of the molecule is O=C1NC(=Nc2ccc(C(=O)O)cc2)S/C1=C\C=C\c1ccccc1. The van der Waals surface area contributed by atoms with Crippen molar-refractivity contribution in [3.05, 3.63) is 82.8 Å². The summed E-state index contributed by atoms with van der Waals surface area (Å²) < 4.78 is 0. The highest BCUT2D eigenvalue weighted by Crippen LogP contribution is 2.26. The van der Waals surface area contributed by atoms with E-state index in [0.717, 1.165) is 5.56 Å². The van der Waals surface area contributed by atoms with E-state index < -0.39 is 5.97 Å². The first-order valence-corrected chi connectivity index (χ1v) is 8.28. The first-order valence-electron chi connectivity index (χ1n) is 7.46. The van der Waals surface area contributed by atoms with Gasteiger partial charge in [-0.2, -0.15) is 0 Å². The van der Waals surface area contributed by atoms with Crippen molar-refractivity contribution in [2.75, 3.05) is 0 Å². The second kappa shape index (κ2) is 7.63. The lowest BCUT2D eigenvalue weighted by Crippen LogP contribution is -2.19. The summed E-state index contributed by atoms with van der Waals surface area (Å²) >= 11 is 1.24. The minimum atomic E-state index is -0.988. The molecule has 0 atom stereocenters. The molecule has 1 heterocycles. The number of carboxylic acids is 1.